The van der Waals surface area contributed by atoms with Crippen LogP contribution in [-0.4, -0.2) is 25.8 Å². The first-order valence-corrected chi connectivity index (χ1v) is 5.72. The van der Waals surface area contributed by atoms with E-state index in [1.165, 1.54) is 11.1 Å². The lowest BCUT2D eigenvalue weighted by Gasteiger charge is -2.41. The Morgan fingerprint density at radius 1 is 1.38 bits per heavy atom. The minimum Gasteiger partial charge on any atom is -0.375 e. The Balaban J connectivity index is 2.02. The summed E-state index contributed by atoms with van der Waals surface area (Å²) in [6.07, 6.45) is 3.24. The average molecular weight is 217 g/mol. The lowest BCUT2D eigenvalue weighted by molar-refractivity contribution is -0.0499. The highest BCUT2D eigenvalue weighted by atomic mass is 16.5. The van der Waals surface area contributed by atoms with Gasteiger partial charge in [0.15, 0.2) is 0 Å². The van der Waals surface area contributed by atoms with Gasteiger partial charge < -0.3 is 10.1 Å². The molecule has 0 atom stereocenters. The zero-order valence-electron chi connectivity index (χ0n) is 9.99. The summed E-state index contributed by atoms with van der Waals surface area (Å²) in [5.41, 5.74) is 2.67. The first kappa shape index (κ1) is 11.4. The third-order valence-corrected chi connectivity index (χ3v) is 3.14. The van der Waals surface area contributed by atoms with E-state index in [2.05, 4.69) is 42.6 Å². The van der Waals surface area contributed by atoms with Crippen LogP contribution in [0.1, 0.15) is 18.9 Å². The maximum Gasteiger partial charge on any atom is 0.0962 e. The quantitative estimate of drug-likeness (QED) is 0.836. The van der Waals surface area contributed by atoms with Crippen LogP contribution >= 0.6 is 0 Å². The molecule has 1 aromatic rings. The van der Waals surface area contributed by atoms with E-state index < -0.39 is 0 Å². The highest BCUT2D eigenvalue weighted by Crippen LogP contribution is 2.25. The maximum atomic E-state index is 5.58. The van der Waals surface area contributed by atoms with Crippen LogP contribution in [0.25, 0.3) is 6.08 Å². The van der Waals surface area contributed by atoms with E-state index in [0.29, 0.717) is 0 Å². The van der Waals surface area contributed by atoms with Crippen LogP contribution in [0, 0.1) is 0 Å². The molecule has 0 radical (unpaired) electrons. The molecule has 0 aromatic heterocycles. The van der Waals surface area contributed by atoms with Crippen molar-refractivity contribution in [2.75, 3.05) is 20.2 Å². The van der Waals surface area contributed by atoms with Crippen molar-refractivity contribution in [3.05, 3.63) is 41.5 Å². The van der Waals surface area contributed by atoms with Crippen molar-refractivity contribution in [2.45, 2.75) is 18.9 Å². The Morgan fingerprint density at radius 2 is 2.06 bits per heavy atom. The molecule has 1 aliphatic heterocycles. The standard InChI is InChI=1S/C14H19NO/c1-12(8-13-6-4-3-5-7-13)9-14(16-2)10-15-11-14/h3-8,15H,9-11H2,1-2H3/b12-8+. The highest BCUT2D eigenvalue weighted by molar-refractivity contribution is 5.52. The third kappa shape index (κ3) is 2.52. The van der Waals surface area contributed by atoms with Gasteiger partial charge in [-0.05, 0) is 18.9 Å². The second-order valence-corrected chi connectivity index (χ2v) is 4.57. The average Bonchev–Trinajstić information content (AvgIpc) is 2.25. The van der Waals surface area contributed by atoms with Gasteiger partial charge in [0.25, 0.3) is 0 Å². The van der Waals surface area contributed by atoms with Crippen LogP contribution in [0.15, 0.2) is 35.9 Å². The molecule has 0 spiro atoms. The predicted molar refractivity (Wildman–Crippen MR) is 67.3 cm³/mol. The van der Waals surface area contributed by atoms with Crippen LogP contribution in [0.5, 0.6) is 0 Å². The van der Waals surface area contributed by atoms with E-state index in [1.54, 1.807) is 7.11 Å². The summed E-state index contributed by atoms with van der Waals surface area (Å²) in [5.74, 6) is 0. The van der Waals surface area contributed by atoms with E-state index in [9.17, 15) is 0 Å². The lowest BCUT2D eigenvalue weighted by atomic mass is 9.88. The normalized spacial score (nSPS) is 19.2. The summed E-state index contributed by atoms with van der Waals surface area (Å²) >= 11 is 0. The van der Waals surface area contributed by atoms with E-state index >= 15 is 0 Å². The smallest absolute Gasteiger partial charge is 0.0962 e. The number of hydrogen-bond donors (Lipinski definition) is 1. The predicted octanol–water partition coefficient (Wildman–Crippen LogP) is 2.47. The number of methoxy groups -OCH3 is 1. The first-order valence-electron chi connectivity index (χ1n) is 5.72. The number of benzene rings is 1. The minimum absolute atomic E-state index is 0.0371. The maximum absolute atomic E-state index is 5.58. The summed E-state index contributed by atoms with van der Waals surface area (Å²) in [7, 11) is 1.80. The molecule has 2 nitrogen and oxygen atoms in total. The summed E-state index contributed by atoms with van der Waals surface area (Å²) in [5, 5.41) is 3.27. The van der Waals surface area contributed by atoms with Crippen LogP contribution < -0.4 is 5.32 Å². The fourth-order valence-electron chi connectivity index (χ4n) is 2.14. The molecule has 1 N–H and O–H groups in total. The molecular weight excluding hydrogens is 198 g/mol. The van der Waals surface area contributed by atoms with Crippen LogP contribution in [0.3, 0.4) is 0 Å². The van der Waals surface area contributed by atoms with Crippen molar-refractivity contribution in [1.82, 2.24) is 5.32 Å². The first-order chi connectivity index (χ1) is 7.74. The van der Waals surface area contributed by atoms with Gasteiger partial charge in [-0.2, -0.15) is 0 Å². The van der Waals surface area contributed by atoms with Crippen molar-refractivity contribution in [3.8, 4) is 0 Å². The second-order valence-electron chi connectivity index (χ2n) is 4.57. The number of nitrogens with one attached hydrogen (secondary N) is 1. The van der Waals surface area contributed by atoms with Gasteiger partial charge >= 0.3 is 0 Å². The molecule has 1 saturated heterocycles. The van der Waals surface area contributed by atoms with Crippen LogP contribution in [0.2, 0.25) is 0 Å². The Morgan fingerprint density at radius 3 is 2.56 bits per heavy atom. The molecule has 1 aromatic carbocycles. The zero-order valence-corrected chi connectivity index (χ0v) is 9.99. The van der Waals surface area contributed by atoms with Crippen LogP contribution in [0.4, 0.5) is 0 Å². The topological polar surface area (TPSA) is 21.3 Å². The van der Waals surface area contributed by atoms with Crippen molar-refractivity contribution in [1.29, 1.82) is 0 Å². The number of hydrogen-bond acceptors (Lipinski definition) is 2. The molecule has 1 fully saturated rings. The van der Waals surface area contributed by atoms with Gasteiger partial charge in [-0.25, -0.2) is 0 Å². The molecular formula is C14H19NO. The van der Waals surface area contributed by atoms with E-state index in [-0.39, 0.29) is 5.60 Å². The van der Waals surface area contributed by atoms with Crippen molar-refractivity contribution in [2.24, 2.45) is 0 Å². The van der Waals surface area contributed by atoms with Gasteiger partial charge in [-0.3, -0.25) is 0 Å². The molecule has 2 heteroatoms. The molecule has 2 rings (SSSR count). The summed E-state index contributed by atoms with van der Waals surface area (Å²) in [6, 6.07) is 10.4. The molecule has 1 heterocycles. The van der Waals surface area contributed by atoms with E-state index in [0.717, 1.165) is 19.5 Å². The molecule has 0 aliphatic carbocycles. The van der Waals surface area contributed by atoms with Crippen molar-refractivity contribution >= 4 is 6.08 Å². The SMILES string of the molecule is COC1(C/C(C)=C/c2ccccc2)CNC1. The Bertz CT molecular complexity index is 360. The molecule has 1 aliphatic rings. The van der Waals surface area contributed by atoms with Crippen molar-refractivity contribution < 1.29 is 4.74 Å². The fraction of sp³-hybridized carbons (Fsp3) is 0.429. The molecule has 0 bridgehead atoms. The van der Waals surface area contributed by atoms with E-state index in [4.69, 9.17) is 4.74 Å². The monoisotopic (exact) mass is 217 g/mol. The Labute approximate surface area is 97.3 Å². The minimum atomic E-state index is 0.0371. The molecule has 86 valence electrons. The van der Waals surface area contributed by atoms with Gasteiger partial charge in [0, 0.05) is 20.2 Å². The Hall–Kier alpha value is -1.12. The van der Waals surface area contributed by atoms with Crippen molar-refractivity contribution in [3.63, 3.8) is 0 Å². The molecule has 0 amide bonds. The zero-order chi connectivity index (χ0) is 11.4. The summed E-state index contributed by atoms with van der Waals surface area (Å²) < 4.78 is 5.58. The lowest BCUT2D eigenvalue weighted by Crippen LogP contribution is -2.60. The third-order valence-electron chi connectivity index (χ3n) is 3.14. The van der Waals surface area contributed by atoms with Gasteiger partial charge in [0.1, 0.15) is 0 Å². The number of ether oxygens (including phenoxy) is 1. The number of rotatable bonds is 4. The second kappa shape index (κ2) is 4.81. The summed E-state index contributed by atoms with van der Waals surface area (Å²) in [4.78, 5) is 0. The summed E-state index contributed by atoms with van der Waals surface area (Å²) in [6.45, 7) is 4.10. The van der Waals surface area contributed by atoms with Gasteiger partial charge in [-0.1, -0.05) is 42.0 Å². The van der Waals surface area contributed by atoms with Gasteiger partial charge in [0.05, 0.1) is 5.60 Å². The molecule has 0 saturated carbocycles. The fourth-order valence-corrected chi connectivity index (χ4v) is 2.14. The van der Waals surface area contributed by atoms with E-state index in [1.807, 2.05) is 6.07 Å². The largest absolute Gasteiger partial charge is 0.375 e. The molecule has 0 unspecified atom stereocenters. The van der Waals surface area contributed by atoms with Crippen LogP contribution in [-0.2, 0) is 4.74 Å². The molecule has 16 heavy (non-hydrogen) atoms. The van der Waals surface area contributed by atoms with Gasteiger partial charge in [0.2, 0.25) is 0 Å². The van der Waals surface area contributed by atoms with Gasteiger partial charge in [-0.15, -0.1) is 0 Å². The highest BCUT2D eigenvalue weighted by Gasteiger charge is 2.36. The Kier molecular flexibility index (Phi) is 3.42.